The monoisotopic (exact) mass is 510 g/mol. The minimum absolute atomic E-state index is 0. The largest absolute Gasteiger partial charge is 0 e. The maximum Gasteiger partial charge on any atom is 0 e. The van der Waals surface area contributed by atoms with Crippen LogP contribution in [0, 0.1) is 114 Å². The van der Waals surface area contributed by atoms with Crippen molar-refractivity contribution in [3.63, 3.8) is 0 Å². The Bertz CT molecular complexity index is 291. The molecular formula is C20H19Cl2CoO2Zr+2. The Kier molecular flexibility index (Phi) is 28.1. The van der Waals surface area contributed by atoms with Gasteiger partial charge in [-0.2, -0.15) is 0 Å². The molecule has 3 saturated carbocycles. The summed E-state index contributed by atoms with van der Waals surface area (Å²) >= 11 is -0.826. The summed E-state index contributed by atoms with van der Waals surface area (Å²) in [5.74, 6) is 2.78. The zero-order valence-electron chi connectivity index (χ0n) is 14.4. The van der Waals surface area contributed by atoms with E-state index in [1.165, 1.54) is 11.8 Å². The fourth-order valence-electron chi connectivity index (χ4n) is 2.07. The van der Waals surface area contributed by atoms with Crippen LogP contribution in [0.2, 0.25) is 0 Å². The summed E-state index contributed by atoms with van der Waals surface area (Å²) < 4.78 is 15.0. The van der Waals surface area contributed by atoms with E-state index in [-0.39, 0.29) is 22.2 Å². The molecule has 6 heteroatoms. The molecular weight excluding hydrogens is 493 g/mol. The summed E-state index contributed by atoms with van der Waals surface area (Å²) in [5, 5.41) is 0. The first kappa shape index (κ1) is 32.1. The predicted octanol–water partition coefficient (Wildman–Crippen LogP) is 5.14. The third kappa shape index (κ3) is 14.4. The van der Waals surface area contributed by atoms with Crippen LogP contribution < -0.4 is 0 Å². The van der Waals surface area contributed by atoms with Crippen LogP contribution >= 0.6 is 17.0 Å². The van der Waals surface area contributed by atoms with E-state index >= 15 is 0 Å². The standard InChI is InChI=1S/C13H14.C5H5.2CO.2ClH.Co.Zr/c1-13(2,11-7-3-4-8-11)12-9-5-6-10-12;1-2-4-5-3-1;2*1-2;;;;/h3-10H,1-2H3;1-5H;;;2*1H;;/q;;;;;;;+4/p-2. The Labute approximate surface area is 190 Å². The van der Waals surface area contributed by atoms with Crippen molar-refractivity contribution in [1.29, 1.82) is 0 Å². The van der Waals surface area contributed by atoms with Crippen molar-refractivity contribution in [1.82, 2.24) is 0 Å². The van der Waals surface area contributed by atoms with Crippen LogP contribution in [0.3, 0.4) is 0 Å². The van der Waals surface area contributed by atoms with Crippen LogP contribution in [0.5, 0.6) is 0 Å². The van der Waals surface area contributed by atoms with Gasteiger partial charge in [0, 0.05) is 16.8 Å². The third-order valence-corrected chi connectivity index (χ3v) is 3.32. The molecule has 136 valence electrons. The minimum atomic E-state index is -0.826. The first-order valence-electron chi connectivity index (χ1n) is 7.11. The van der Waals surface area contributed by atoms with Crippen molar-refractivity contribution >= 4 is 17.0 Å². The Morgan fingerprint density at radius 1 is 0.654 bits per heavy atom. The molecule has 0 heterocycles. The molecule has 0 aromatic carbocycles. The van der Waals surface area contributed by atoms with Crippen molar-refractivity contribution in [3.05, 3.63) is 109 Å². The number of hydrogen-bond donors (Lipinski definition) is 0. The van der Waals surface area contributed by atoms with Crippen molar-refractivity contribution < 1.29 is 46.9 Å². The zero-order chi connectivity index (χ0) is 19.6. The van der Waals surface area contributed by atoms with Gasteiger partial charge in [0.2, 0.25) is 0 Å². The van der Waals surface area contributed by atoms with E-state index in [0.29, 0.717) is 0 Å². The van der Waals surface area contributed by atoms with Gasteiger partial charge in [-0.25, -0.2) is 0 Å². The minimum Gasteiger partial charge on any atom is 0 e. The number of hydrogen-bond acceptors (Lipinski definition) is 0. The van der Waals surface area contributed by atoms with Crippen LogP contribution in [-0.2, 0) is 46.9 Å². The van der Waals surface area contributed by atoms with Gasteiger partial charge < -0.3 is 0 Å². The molecule has 0 bridgehead atoms. The van der Waals surface area contributed by atoms with Crippen molar-refractivity contribution in [2.75, 3.05) is 0 Å². The van der Waals surface area contributed by atoms with Crippen LogP contribution in [0.25, 0.3) is 0 Å². The maximum absolute atomic E-state index is 7.50. The second-order valence-corrected chi connectivity index (χ2v) is 8.74. The summed E-state index contributed by atoms with van der Waals surface area (Å²) in [4.78, 5) is 0. The van der Waals surface area contributed by atoms with E-state index in [2.05, 4.69) is 78.5 Å². The van der Waals surface area contributed by atoms with Crippen molar-refractivity contribution in [2.24, 2.45) is 5.41 Å². The summed E-state index contributed by atoms with van der Waals surface area (Å²) in [5.41, 5.74) is 0.146. The van der Waals surface area contributed by atoms with Crippen LogP contribution in [-0.4, -0.2) is 0 Å². The molecule has 3 aliphatic carbocycles. The van der Waals surface area contributed by atoms with Gasteiger partial charge in [-0.3, -0.25) is 0 Å². The normalized spacial score (nSPS) is 18.8. The molecule has 0 N–H and O–H groups in total. The van der Waals surface area contributed by atoms with Crippen LogP contribution in [0.15, 0.2) is 0 Å². The van der Waals surface area contributed by atoms with Gasteiger partial charge in [0.25, 0.3) is 0 Å². The Morgan fingerprint density at radius 2 is 0.846 bits per heavy atom. The quantitative estimate of drug-likeness (QED) is 0.363. The fourth-order valence-corrected chi connectivity index (χ4v) is 2.07. The molecule has 0 spiro atoms. The second-order valence-electron chi connectivity index (χ2n) is 5.01. The van der Waals surface area contributed by atoms with Gasteiger partial charge in [0.15, 0.2) is 0 Å². The molecule has 16 radical (unpaired) electrons. The van der Waals surface area contributed by atoms with Gasteiger partial charge in [-0.1, -0.05) is 13.8 Å². The topological polar surface area (TPSA) is 39.8 Å². The molecule has 0 unspecified atom stereocenters. The van der Waals surface area contributed by atoms with Crippen LogP contribution in [0.4, 0.5) is 0 Å². The molecule has 0 aromatic heterocycles. The fraction of sp³-hybridized carbons (Fsp3) is 0.150. The van der Waals surface area contributed by atoms with Gasteiger partial charge in [0.05, 0.1) is 0 Å². The average molecular weight is 512 g/mol. The smallest absolute Gasteiger partial charge is 0 e. The van der Waals surface area contributed by atoms with E-state index in [1.807, 2.05) is 32.1 Å². The third-order valence-electron chi connectivity index (χ3n) is 3.32. The molecule has 0 aliphatic heterocycles. The summed E-state index contributed by atoms with van der Waals surface area (Å²) in [6.45, 7) is 13.5. The molecule has 3 rings (SSSR count). The van der Waals surface area contributed by atoms with Gasteiger partial charge >= 0.3 is 60.5 Å². The SMILES string of the molecule is CC(C)([C]1[CH][CH][CH][CH]1)[C]1[CH][CH][CH][CH]1.[C-]#[O+].[C-]#[O+].[CH]1[CH][CH][CH][CH]1.[Cl][Zr+2][Cl].[Co]. The average Bonchev–Trinajstić information content (AvgIpc) is 3.45. The van der Waals surface area contributed by atoms with Gasteiger partial charge in [0.1, 0.15) is 0 Å². The van der Waals surface area contributed by atoms with E-state index < -0.39 is 20.8 Å². The maximum atomic E-state index is 7.50. The molecule has 3 aliphatic rings. The van der Waals surface area contributed by atoms with Crippen molar-refractivity contribution in [3.8, 4) is 0 Å². The Hall–Kier alpha value is 1.45. The van der Waals surface area contributed by atoms with Crippen LogP contribution in [0.1, 0.15) is 13.8 Å². The van der Waals surface area contributed by atoms with E-state index in [9.17, 15) is 0 Å². The Balaban J connectivity index is -0.000000342. The predicted molar refractivity (Wildman–Crippen MR) is 95.7 cm³/mol. The summed E-state index contributed by atoms with van der Waals surface area (Å²) in [6, 6.07) is 0. The molecule has 0 aromatic rings. The zero-order valence-corrected chi connectivity index (χ0v) is 19.4. The molecule has 3 fully saturated rings. The summed E-state index contributed by atoms with van der Waals surface area (Å²) in [7, 11) is 9.87. The van der Waals surface area contributed by atoms with E-state index in [4.69, 9.17) is 26.3 Å². The molecule has 26 heavy (non-hydrogen) atoms. The Morgan fingerprint density at radius 3 is 1.04 bits per heavy atom. The molecule has 0 amide bonds. The summed E-state index contributed by atoms with van der Waals surface area (Å²) in [6.07, 6.45) is 27.1. The van der Waals surface area contributed by atoms with Crippen molar-refractivity contribution in [2.45, 2.75) is 13.8 Å². The van der Waals surface area contributed by atoms with E-state index in [0.717, 1.165) is 0 Å². The van der Waals surface area contributed by atoms with Gasteiger partial charge in [-0.15, -0.1) is 0 Å². The molecule has 0 saturated heterocycles. The number of rotatable bonds is 2. The first-order valence-corrected chi connectivity index (χ1v) is 13.4. The second kappa shape index (κ2) is 22.7. The first-order chi connectivity index (χ1) is 12.1. The molecule has 2 nitrogen and oxygen atoms in total. The number of halogens is 2. The van der Waals surface area contributed by atoms with E-state index in [1.54, 1.807) is 0 Å². The molecule has 0 atom stereocenters. The van der Waals surface area contributed by atoms with Gasteiger partial charge in [-0.05, 0) is 101 Å².